The molecular formula is C14H19NO3. The van der Waals surface area contributed by atoms with Crippen molar-refractivity contribution in [3.8, 4) is 0 Å². The lowest BCUT2D eigenvalue weighted by Crippen LogP contribution is -2.41. The number of nitrogens with one attached hydrogen (secondary N) is 1. The summed E-state index contributed by atoms with van der Waals surface area (Å²) in [5.41, 5.74) is 3.34. The minimum Gasteiger partial charge on any atom is -0.396 e. The number of benzene rings is 1. The largest absolute Gasteiger partial charge is 0.396 e. The van der Waals surface area contributed by atoms with Crippen LogP contribution in [0.4, 0.5) is 0 Å². The molecule has 0 radical (unpaired) electrons. The summed E-state index contributed by atoms with van der Waals surface area (Å²) in [5, 5.41) is 9.26. The van der Waals surface area contributed by atoms with Crippen LogP contribution in [0.15, 0.2) is 30.3 Å². The second kappa shape index (κ2) is 6.52. The van der Waals surface area contributed by atoms with Crippen LogP contribution in [-0.4, -0.2) is 23.7 Å². The molecule has 4 heteroatoms. The number of rotatable bonds is 4. The van der Waals surface area contributed by atoms with Crippen molar-refractivity contribution in [3.05, 3.63) is 35.9 Å². The zero-order valence-corrected chi connectivity index (χ0v) is 10.3. The summed E-state index contributed by atoms with van der Waals surface area (Å²) >= 11 is 0. The van der Waals surface area contributed by atoms with E-state index >= 15 is 0 Å². The Hall–Kier alpha value is -1.39. The maximum atomic E-state index is 11.7. The Morgan fingerprint density at radius 2 is 2.00 bits per heavy atom. The van der Waals surface area contributed by atoms with Crippen LogP contribution in [0.2, 0.25) is 0 Å². The Labute approximate surface area is 107 Å². The van der Waals surface area contributed by atoms with E-state index in [4.69, 9.17) is 4.84 Å². The summed E-state index contributed by atoms with van der Waals surface area (Å²) in [6, 6.07) is 8.95. The van der Waals surface area contributed by atoms with E-state index < -0.39 is 0 Å². The first kappa shape index (κ1) is 13.1. The number of aliphatic hydroxyl groups excluding tert-OH is 1. The Balaban J connectivity index is 1.85. The first-order valence-corrected chi connectivity index (χ1v) is 6.44. The molecule has 18 heavy (non-hydrogen) atoms. The lowest BCUT2D eigenvalue weighted by Gasteiger charge is -2.29. The molecule has 1 saturated carbocycles. The van der Waals surface area contributed by atoms with Crippen molar-refractivity contribution in [1.82, 2.24) is 5.48 Å². The van der Waals surface area contributed by atoms with Gasteiger partial charge in [0, 0.05) is 18.6 Å². The zero-order chi connectivity index (χ0) is 12.8. The molecule has 98 valence electrons. The maximum Gasteiger partial charge on any atom is 0.356 e. The minimum absolute atomic E-state index is 0.0661. The van der Waals surface area contributed by atoms with E-state index in [1.54, 1.807) is 24.3 Å². The molecule has 1 fully saturated rings. The molecule has 1 aromatic rings. The van der Waals surface area contributed by atoms with Crippen LogP contribution in [0.5, 0.6) is 0 Å². The predicted molar refractivity (Wildman–Crippen MR) is 67.8 cm³/mol. The summed E-state index contributed by atoms with van der Waals surface area (Å²) in [4.78, 5) is 16.8. The first-order chi connectivity index (χ1) is 8.81. The van der Waals surface area contributed by atoms with Gasteiger partial charge in [0.25, 0.3) is 0 Å². The van der Waals surface area contributed by atoms with Gasteiger partial charge in [-0.1, -0.05) is 31.0 Å². The second-order valence-corrected chi connectivity index (χ2v) is 4.71. The number of hydroxylamine groups is 1. The zero-order valence-electron chi connectivity index (χ0n) is 10.3. The van der Waals surface area contributed by atoms with Crippen LogP contribution >= 0.6 is 0 Å². The molecule has 0 spiro atoms. The third kappa shape index (κ3) is 3.31. The van der Waals surface area contributed by atoms with E-state index in [0.29, 0.717) is 5.56 Å². The maximum absolute atomic E-state index is 11.7. The SMILES string of the molecule is O=C(ON[C@@H]1CCCC[C@H]1CO)c1ccccc1. The average molecular weight is 249 g/mol. The summed E-state index contributed by atoms with van der Waals surface area (Å²) in [6.45, 7) is 0.139. The van der Waals surface area contributed by atoms with Crippen molar-refractivity contribution in [2.24, 2.45) is 5.92 Å². The fraction of sp³-hybridized carbons (Fsp3) is 0.500. The Morgan fingerprint density at radius 3 is 2.72 bits per heavy atom. The van der Waals surface area contributed by atoms with Gasteiger partial charge in [0.2, 0.25) is 0 Å². The lowest BCUT2D eigenvalue weighted by molar-refractivity contribution is -0.00352. The lowest BCUT2D eigenvalue weighted by atomic mass is 9.86. The van der Waals surface area contributed by atoms with Gasteiger partial charge in [-0.2, -0.15) is 0 Å². The number of hydrogen-bond acceptors (Lipinski definition) is 4. The van der Waals surface area contributed by atoms with E-state index in [-0.39, 0.29) is 24.5 Å². The van der Waals surface area contributed by atoms with Crippen LogP contribution in [0.1, 0.15) is 36.0 Å². The van der Waals surface area contributed by atoms with Crippen LogP contribution < -0.4 is 5.48 Å². The predicted octanol–water partition coefficient (Wildman–Crippen LogP) is 1.90. The van der Waals surface area contributed by atoms with Crippen molar-refractivity contribution in [1.29, 1.82) is 0 Å². The molecule has 0 bridgehead atoms. The van der Waals surface area contributed by atoms with E-state index in [9.17, 15) is 9.90 Å². The van der Waals surface area contributed by atoms with Crippen LogP contribution in [0.25, 0.3) is 0 Å². The topological polar surface area (TPSA) is 58.6 Å². The quantitative estimate of drug-likeness (QED) is 0.800. The number of carbonyl (C=O) groups excluding carboxylic acids is 1. The number of hydrogen-bond donors (Lipinski definition) is 2. The Kier molecular flexibility index (Phi) is 4.73. The van der Waals surface area contributed by atoms with Crippen molar-refractivity contribution < 1.29 is 14.7 Å². The van der Waals surface area contributed by atoms with E-state index in [0.717, 1.165) is 25.7 Å². The van der Waals surface area contributed by atoms with E-state index in [1.165, 1.54) is 0 Å². The van der Waals surface area contributed by atoms with Crippen molar-refractivity contribution in [2.75, 3.05) is 6.61 Å². The van der Waals surface area contributed by atoms with Gasteiger partial charge in [-0.3, -0.25) is 0 Å². The molecule has 1 aliphatic carbocycles. The summed E-state index contributed by atoms with van der Waals surface area (Å²) in [6.07, 6.45) is 4.16. The molecule has 0 saturated heterocycles. The van der Waals surface area contributed by atoms with Gasteiger partial charge in [-0.05, 0) is 25.0 Å². The van der Waals surface area contributed by atoms with Crippen LogP contribution in [-0.2, 0) is 4.84 Å². The van der Waals surface area contributed by atoms with Crippen molar-refractivity contribution in [2.45, 2.75) is 31.7 Å². The minimum atomic E-state index is -0.377. The number of carbonyl (C=O) groups is 1. The van der Waals surface area contributed by atoms with Crippen molar-refractivity contribution in [3.63, 3.8) is 0 Å². The van der Waals surface area contributed by atoms with Crippen LogP contribution in [0.3, 0.4) is 0 Å². The van der Waals surface area contributed by atoms with Crippen LogP contribution in [0, 0.1) is 5.92 Å². The average Bonchev–Trinajstić information content (AvgIpc) is 2.46. The highest BCUT2D eigenvalue weighted by atomic mass is 16.7. The van der Waals surface area contributed by atoms with E-state index in [2.05, 4.69) is 5.48 Å². The van der Waals surface area contributed by atoms with Gasteiger partial charge in [-0.25, -0.2) is 4.79 Å². The molecule has 0 heterocycles. The molecule has 1 aliphatic rings. The fourth-order valence-corrected chi connectivity index (χ4v) is 2.34. The normalized spacial score (nSPS) is 23.6. The van der Waals surface area contributed by atoms with Crippen molar-refractivity contribution >= 4 is 5.97 Å². The molecular weight excluding hydrogens is 230 g/mol. The van der Waals surface area contributed by atoms with Gasteiger partial charge >= 0.3 is 5.97 Å². The van der Waals surface area contributed by atoms with Gasteiger partial charge in [-0.15, -0.1) is 5.48 Å². The van der Waals surface area contributed by atoms with Gasteiger partial charge in [0.1, 0.15) is 0 Å². The fourth-order valence-electron chi connectivity index (χ4n) is 2.34. The molecule has 0 aromatic heterocycles. The Morgan fingerprint density at radius 1 is 1.28 bits per heavy atom. The third-order valence-corrected chi connectivity index (χ3v) is 3.46. The first-order valence-electron chi connectivity index (χ1n) is 6.44. The molecule has 2 atom stereocenters. The summed E-state index contributed by atoms with van der Waals surface area (Å²) in [5.74, 6) is -0.194. The highest BCUT2D eigenvalue weighted by Gasteiger charge is 2.25. The monoisotopic (exact) mass is 249 g/mol. The second-order valence-electron chi connectivity index (χ2n) is 4.71. The summed E-state index contributed by atoms with van der Waals surface area (Å²) < 4.78 is 0. The molecule has 0 aliphatic heterocycles. The molecule has 4 nitrogen and oxygen atoms in total. The molecule has 0 amide bonds. The summed E-state index contributed by atoms with van der Waals surface area (Å²) in [7, 11) is 0. The third-order valence-electron chi connectivity index (χ3n) is 3.46. The highest BCUT2D eigenvalue weighted by molar-refractivity contribution is 5.89. The van der Waals surface area contributed by atoms with Gasteiger partial charge in [0.05, 0.1) is 5.56 Å². The van der Waals surface area contributed by atoms with Gasteiger partial charge < -0.3 is 9.94 Å². The van der Waals surface area contributed by atoms with E-state index in [1.807, 2.05) is 6.07 Å². The molecule has 1 aromatic carbocycles. The number of aliphatic hydroxyl groups is 1. The molecule has 0 unspecified atom stereocenters. The van der Waals surface area contributed by atoms with Gasteiger partial charge in [0.15, 0.2) is 0 Å². The smallest absolute Gasteiger partial charge is 0.356 e. The highest BCUT2D eigenvalue weighted by Crippen LogP contribution is 2.23. The molecule has 2 N–H and O–H groups in total. The Bertz CT molecular complexity index is 380. The standard InChI is InChI=1S/C14H19NO3/c16-10-12-8-4-5-9-13(12)15-18-14(17)11-6-2-1-3-7-11/h1-3,6-7,12-13,15-16H,4-5,8-10H2/t12-,13+/m0/s1. The molecule has 2 rings (SSSR count).